The van der Waals surface area contributed by atoms with Gasteiger partial charge >= 0.3 is 12.1 Å². The molecule has 0 fully saturated rings. The first-order valence-electron chi connectivity index (χ1n) is 6.15. The molecule has 0 radical (unpaired) electrons. The van der Waals surface area contributed by atoms with Crippen LogP contribution in [0.25, 0.3) is 0 Å². The van der Waals surface area contributed by atoms with Crippen molar-refractivity contribution in [2.75, 3.05) is 13.2 Å². The number of hydrogen-bond acceptors (Lipinski definition) is 5. The maximum atomic E-state index is 12.6. The van der Waals surface area contributed by atoms with Gasteiger partial charge in [0.15, 0.2) is 0 Å². The SMILES string of the molecule is CCOC(=O)c1ccc(C(F)(F)F)nc1COCCC=O. The Hall–Kier alpha value is -1.96. The van der Waals surface area contributed by atoms with Crippen molar-refractivity contribution in [1.82, 2.24) is 4.98 Å². The Bertz CT molecular complexity index is 503. The minimum Gasteiger partial charge on any atom is -0.462 e. The van der Waals surface area contributed by atoms with Gasteiger partial charge in [-0.3, -0.25) is 0 Å². The van der Waals surface area contributed by atoms with E-state index in [4.69, 9.17) is 9.47 Å². The largest absolute Gasteiger partial charge is 0.462 e. The predicted molar refractivity (Wildman–Crippen MR) is 65.5 cm³/mol. The number of esters is 1. The Balaban J connectivity index is 3.00. The molecule has 0 unspecified atom stereocenters. The summed E-state index contributed by atoms with van der Waals surface area (Å²) in [5, 5.41) is 0. The van der Waals surface area contributed by atoms with Crippen LogP contribution in [-0.2, 0) is 27.1 Å². The molecule has 1 rings (SSSR count). The van der Waals surface area contributed by atoms with Gasteiger partial charge in [0.2, 0.25) is 0 Å². The number of halogens is 3. The lowest BCUT2D eigenvalue weighted by Gasteiger charge is -2.12. The summed E-state index contributed by atoms with van der Waals surface area (Å²) in [6.45, 7) is 1.39. The number of rotatable bonds is 7. The van der Waals surface area contributed by atoms with Crippen molar-refractivity contribution >= 4 is 12.3 Å². The molecule has 0 N–H and O–H groups in total. The van der Waals surface area contributed by atoms with Gasteiger partial charge < -0.3 is 14.3 Å². The molecule has 0 aromatic carbocycles. The normalized spacial score (nSPS) is 11.2. The van der Waals surface area contributed by atoms with E-state index >= 15 is 0 Å². The molecule has 0 saturated heterocycles. The van der Waals surface area contributed by atoms with Crippen LogP contribution in [0.5, 0.6) is 0 Å². The van der Waals surface area contributed by atoms with Gasteiger partial charge in [-0.15, -0.1) is 0 Å². The van der Waals surface area contributed by atoms with Crippen LogP contribution < -0.4 is 0 Å². The first-order chi connectivity index (χ1) is 9.90. The van der Waals surface area contributed by atoms with Gasteiger partial charge in [0, 0.05) is 6.42 Å². The average Bonchev–Trinajstić information content (AvgIpc) is 2.42. The monoisotopic (exact) mass is 305 g/mol. The highest BCUT2D eigenvalue weighted by atomic mass is 19.4. The Kier molecular flexibility index (Phi) is 6.29. The predicted octanol–water partition coefficient (Wildman–Crippen LogP) is 2.38. The number of carbonyl (C=O) groups excluding carboxylic acids is 2. The Morgan fingerprint density at radius 2 is 2.10 bits per heavy atom. The van der Waals surface area contributed by atoms with Crippen LogP contribution in [0, 0.1) is 0 Å². The first-order valence-corrected chi connectivity index (χ1v) is 6.15. The van der Waals surface area contributed by atoms with E-state index < -0.39 is 17.8 Å². The van der Waals surface area contributed by atoms with Gasteiger partial charge in [0.1, 0.15) is 12.0 Å². The number of aldehydes is 1. The van der Waals surface area contributed by atoms with E-state index in [0.29, 0.717) is 12.4 Å². The lowest BCUT2D eigenvalue weighted by molar-refractivity contribution is -0.141. The van der Waals surface area contributed by atoms with Gasteiger partial charge in [0.25, 0.3) is 0 Å². The molecule has 0 saturated carbocycles. The molecular weight excluding hydrogens is 291 g/mol. The van der Waals surface area contributed by atoms with E-state index in [2.05, 4.69) is 4.98 Å². The summed E-state index contributed by atoms with van der Waals surface area (Å²) < 4.78 is 47.7. The third-order valence-electron chi connectivity index (χ3n) is 2.38. The highest BCUT2D eigenvalue weighted by Gasteiger charge is 2.33. The van der Waals surface area contributed by atoms with Crippen molar-refractivity contribution in [2.24, 2.45) is 0 Å². The van der Waals surface area contributed by atoms with Crippen molar-refractivity contribution in [3.8, 4) is 0 Å². The second kappa shape index (κ2) is 7.72. The summed E-state index contributed by atoms with van der Waals surface area (Å²) >= 11 is 0. The number of nitrogens with zero attached hydrogens (tertiary/aromatic N) is 1. The zero-order valence-corrected chi connectivity index (χ0v) is 11.3. The van der Waals surface area contributed by atoms with Crippen LogP contribution >= 0.6 is 0 Å². The zero-order chi connectivity index (χ0) is 15.9. The number of hydrogen-bond donors (Lipinski definition) is 0. The molecule has 0 atom stereocenters. The maximum absolute atomic E-state index is 12.6. The molecule has 0 aliphatic carbocycles. The molecule has 0 aliphatic rings. The minimum atomic E-state index is -4.62. The summed E-state index contributed by atoms with van der Waals surface area (Å²) in [5.41, 5.74) is -1.38. The molecule has 8 heteroatoms. The van der Waals surface area contributed by atoms with Crippen molar-refractivity contribution in [3.63, 3.8) is 0 Å². The fraction of sp³-hybridized carbons (Fsp3) is 0.462. The highest BCUT2D eigenvalue weighted by molar-refractivity contribution is 5.90. The van der Waals surface area contributed by atoms with Crippen LogP contribution in [0.3, 0.4) is 0 Å². The number of carbonyl (C=O) groups is 2. The minimum absolute atomic E-state index is 0.0314. The smallest absolute Gasteiger partial charge is 0.433 e. The topological polar surface area (TPSA) is 65.5 Å². The molecule has 21 heavy (non-hydrogen) atoms. The Morgan fingerprint density at radius 1 is 1.38 bits per heavy atom. The van der Waals surface area contributed by atoms with Crippen molar-refractivity contribution in [1.29, 1.82) is 0 Å². The lowest BCUT2D eigenvalue weighted by Crippen LogP contribution is -2.15. The van der Waals surface area contributed by atoms with Crippen LogP contribution in [0.2, 0.25) is 0 Å². The summed E-state index contributed by atoms with van der Waals surface area (Å²) in [5.74, 6) is -0.771. The Labute approximate surface area is 119 Å². The van der Waals surface area contributed by atoms with Crippen molar-refractivity contribution < 1.29 is 32.2 Å². The molecule has 5 nitrogen and oxygen atoms in total. The van der Waals surface area contributed by atoms with E-state index in [9.17, 15) is 22.8 Å². The van der Waals surface area contributed by atoms with E-state index in [1.165, 1.54) is 0 Å². The lowest BCUT2D eigenvalue weighted by atomic mass is 10.1. The molecule has 1 aromatic rings. The molecule has 116 valence electrons. The molecule has 0 aliphatic heterocycles. The summed E-state index contributed by atoms with van der Waals surface area (Å²) in [6.07, 6.45) is -3.90. The van der Waals surface area contributed by atoms with Crippen molar-refractivity contribution in [2.45, 2.75) is 26.1 Å². The van der Waals surface area contributed by atoms with Gasteiger partial charge in [0.05, 0.1) is 31.1 Å². The van der Waals surface area contributed by atoms with Crippen LogP contribution in [0.1, 0.15) is 35.1 Å². The Morgan fingerprint density at radius 3 is 2.67 bits per heavy atom. The average molecular weight is 305 g/mol. The maximum Gasteiger partial charge on any atom is 0.433 e. The van der Waals surface area contributed by atoms with E-state index in [1.54, 1.807) is 6.92 Å². The molecule has 1 aromatic heterocycles. The van der Waals surface area contributed by atoms with Crippen LogP contribution in [0.4, 0.5) is 13.2 Å². The number of pyridine rings is 1. The number of alkyl halides is 3. The quantitative estimate of drug-likeness (QED) is 0.439. The summed E-state index contributed by atoms with van der Waals surface area (Å²) in [7, 11) is 0. The third kappa shape index (κ3) is 5.14. The fourth-order valence-electron chi connectivity index (χ4n) is 1.46. The second-order valence-electron chi connectivity index (χ2n) is 3.92. The standard InChI is InChI=1S/C13H14F3NO4/c1-2-21-12(19)9-4-5-11(13(14,15)16)17-10(9)8-20-7-3-6-18/h4-6H,2-3,7-8H2,1H3. The third-order valence-corrected chi connectivity index (χ3v) is 2.38. The van der Waals surface area contributed by atoms with E-state index in [0.717, 1.165) is 6.07 Å². The summed E-state index contributed by atoms with van der Waals surface area (Å²) in [4.78, 5) is 25.2. The van der Waals surface area contributed by atoms with E-state index in [-0.39, 0.29) is 37.5 Å². The molecule has 0 spiro atoms. The fourth-order valence-corrected chi connectivity index (χ4v) is 1.46. The molecular formula is C13H14F3NO4. The molecule has 1 heterocycles. The van der Waals surface area contributed by atoms with Gasteiger partial charge in [-0.25, -0.2) is 9.78 Å². The molecule has 0 bridgehead atoms. The van der Waals surface area contributed by atoms with Crippen LogP contribution in [0.15, 0.2) is 12.1 Å². The van der Waals surface area contributed by atoms with E-state index in [1.807, 2.05) is 0 Å². The van der Waals surface area contributed by atoms with Gasteiger partial charge in [-0.2, -0.15) is 13.2 Å². The summed E-state index contributed by atoms with van der Waals surface area (Å²) in [6, 6.07) is 1.72. The van der Waals surface area contributed by atoms with Crippen LogP contribution in [-0.4, -0.2) is 30.5 Å². The highest BCUT2D eigenvalue weighted by Crippen LogP contribution is 2.28. The second-order valence-corrected chi connectivity index (χ2v) is 3.92. The first kappa shape index (κ1) is 17.1. The van der Waals surface area contributed by atoms with Gasteiger partial charge in [-0.05, 0) is 19.1 Å². The van der Waals surface area contributed by atoms with Gasteiger partial charge in [-0.1, -0.05) is 0 Å². The number of ether oxygens (including phenoxy) is 2. The van der Waals surface area contributed by atoms with Crippen molar-refractivity contribution in [3.05, 3.63) is 29.1 Å². The zero-order valence-electron chi connectivity index (χ0n) is 11.3. The number of aromatic nitrogens is 1. The molecule has 0 amide bonds.